The highest BCUT2D eigenvalue weighted by Gasteiger charge is 2.14. The minimum absolute atomic E-state index is 0.00138. The summed E-state index contributed by atoms with van der Waals surface area (Å²) >= 11 is 0. The second-order valence-corrected chi connectivity index (χ2v) is 10.3. The van der Waals surface area contributed by atoms with Crippen LogP contribution >= 0.6 is 0 Å². The van der Waals surface area contributed by atoms with Gasteiger partial charge in [0.1, 0.15) is 6.10 Å². The first kappa shape index (κ1) is 33.7. The Balaban J connectivity index is 4.04. The quantitative estimate of drug-likeness (QED) is 0.0688. The number of hydrogen-bond donors (Lipinski definition) is 0. The van der Waals surface area contributed by atoms with Crippen LogP contribution in [-0.2, 0) is 9.53 Å². The van der Waals surface area contributed by atoms with E-state index in [9.17, 15) is 4.79 Å². The molecule has 0 spiro atoms. The van der Waals surface area contributed by atoms with Crippen LogP contribution in [0.25, 0.3) is 0 Å². The normalized spacial score (nSPS) is 12.7. The van der Waals surface area contributed by atoms with E-state index in [1.54, 1.807) is 0 Å². The zero-order valence-corrected chi connectivity index (χ0v) is 23.8. The van der Waals surface area contributed by atoms with E-state index in [2.05, 4.69) is 56.8 Å². The van der Waals surface area contributed by atoms with Gasteiger partial charge in [0.15, 0.2) is 0 Å². The lowest BCUT2D eigenvalue weighted by atomic mass is 10.0. The molecule has 0 saturated carbocycles. The van der Waals surface area contributed by atoms with Crippen molar-refractivity contribution in [1.82, 2.24) is 4.90 Å². The molecule has 0 N–H and O–H groups in total. The van der Waals surface area contributed by atoms with Crippen LogP contribution < -0.4 is 0 Å². The van der Waals surface area contributed by atoms with Crippen molar-refractivity contribution in [2.24, 2.45) is 0 Å². The Morgan fingerprint density at radius 3 is 1.77 bits per heavy atom. The molecule has 0 aromatic heterocycles. The van der Waals surface area contributed by atoms with Crippen molar-refractivity contribution >= 4 is 5.97 Å². The maximum atomic E-state index is 12.4. The van der Waals surface area contributed by atoms with Crippen molar-refractivity contribution in [2.45, 2.75) is 141 Å². The summed E-state index contributed by atoms with van der Waals surface area (Å²) in [6.45, 7) is 6.88. The van der Waals surface area contributed by atoms with E-state index >= 15 is 0 Å². The van der Waals surface area contributed by atoms with E-state index in [-0.39, 0.29) is 12.1 Å². The second-order valence-electron chi connectivity index (χ2n) is 10.3. The molecule has 204 valence electrons. The topological polar surface area (TPSA) is 29.5 Å². The highest BCUT2D eigenvalue weighted by Crippen LogP contribution is 2.18. The Kier molecular flexibility index (Phi) is 26.2. The smallest absolute Gasteiger partial charge is 0.306 e. The Morgan fingerprint density at radius 2 is 1.26 bits per heavy atom. The molecule has 0 bridgehead atoms. The van der Waals surface area contributed by atoms with E-state index in [1.165, 1.54) is 89.9 Å². The lowest BCUT2D eigenvalue weighted by Crippen LogP contribution is -2.20. The molecule has 1 atom stereocenters. The van der Waals surface area contributed by atoms with Crippen molar-refractivity contribution < 1.29 is 9.53 Å². The monoisotopic (exact) mass is 489 g/mol. The molecule has 0 aromatic carbocycles. The maximum Gasteiger partial charge on any atom is 0.306 e. The Hall–Kier alpha value is -1.35. The van der Waals surface area contributed by atoms with Gasteiger partial charge in [0, 0.05) is 6.42 Å². The van der Waals surface area contributed by atoms with Gasteiger partial charge in [-0.25, -0.2) is 0 Å². The Morgan fingerprint density at radius 1 is 0.743 bits per heavy atom. The summed E-state index contributed by atoms with van der Waals surface area (Å²) in [5.41, 5.74) is 0. The third-order valence-electron chi connectivity index (χ3n) is 6.45. The highest BCUT2D eigenvalue weighted by molar-refractivity contribution is 5.69. The molecular formula is C32H59NO2. The van der Waals surface area contributed by atoms with Crippen molar-refractivity contribution in [3.05, 3.63) is 37.0 Å². The van der Waals surface area contributed by atoms with Gasteiger partial charge < -0.3 is 9.64 Å². The number of allylic oxidation sites excluding steroid dienone is 5. The predicted molar refractivity (Wildman–Crippen MR) is 155 cm³/mol. The average Bonchev–Trinajstić information content (AvgIpc) is 2.83. The molecule has 35 heavy (non-hydrogen) atoms. The van der Waals surface area contributed by atoms with Crippen molar-refractivity contribution in [2.75, 3.05) is 20.6 Å². The molecule has 0 heterocycles. The summed E-state index contributed by atoms with van der Waals surface area (Å²) in [6, 6.07) is 0. The van der Waals surface area contributed by atoms with E-state index in [1.807, 2.05) is 6.08 Å². The SMILES string of the molecule is C=CC/C=C\CCCCCCCCC(CCCCCCCC/C=C\CC)OC(=O)CCCN(C)C. The van der Waals surface area contributed by atoms with Gasteiger partial charge in [0.25, 0.3) is 0 Å². The van der Waals surface area contributed by atoms with Gasteiger partial charge in [0.2, 0.25) is 0 Å². The van der Waals surface area contributed by atoms with Crippen LogP contribution in [0.1, 0.15) is 135 Å². The predicted octanol–water partition coefficient (Wildman–Crippen LogP) is 9.58. The van der Waals surface area contributed by atoms with E-state index in [0.717, 1.165) is 38.6 Å². The fourth-order valence-electron chi connectivity index (χ4n) is 4.32. The molecule has 3 heteroatoms. The van der Waals surface area contributed by atoms with Crippen LogP contribution in [0.4, 0.5) is 0 Å². The zero-order chi connectivity index (χ0) is 25.8. The molecule has 0 rings (SSSR count). The summed E-state index contributed by atoms with van der Waals surface area (Å²) in [7, 11) is 4.10. The van der Waals surface area contributed by atoms with Crippen LogP contribution in [0, 0.1) is 0 Å². The molecule has 0 aliphatic rings. The number of rotatable bonds is 26. The second kappa shape index (κ2) is 27.2. The van der Waals surface area contributed by atoms with Crippen molar-refractivity contribution in [3.63, 3.8) is 0 Å². The van der Waals surface area contributed by atoms with E-state index in [4.69, 9.17) is 4.74 Å². The lowest BCUT2D eigenvalue weighted by Gasteiger charge is -2.18. The third-order valence-corrected chi connectivity index (χ3v) is 6.45. The van der Waals surface area contributed by atoms with Crippen LogP contribution in [0.5, 0.6) is 0 Å². The number of esters is 1. The average molecular weight is 490 g/mol. The van der Waals surface area contributed by atoms with E-state index < -0.39 is 0 Å². The number of hydrogen-bond acceptors (Lipinski definition) is 3. The minimum atomic E-state index is 0.00138. The fraction of sp³-hybridized carbons (Fsp3) is 0.781. The summed E-state index contributed by atoms with van der Waals surface area (Å²) < 4.78 is 5.93. The van der Waals surface area contributed by atoms with Crippen molar-refractivity contribution in [3.8, 4) is 0 Å². The van der Waals surface area contributed by atoms with Gasteiger partial charge in [-0.2, -0.15) is 0 Å². The van der Waals surface area contributed by atoms with Gasteiger partial charge in [-0.05, 0) is 91.3 Å². The molecule has 0 aliphatic carbocycles. The largest absolute Gasteiger partial charge is 0.462 e. The standard InChI is InChI=1S/C32H59NO2/c1-5-7-9-11-13-15-17-19-21-23-25-28-31(35-32(34)29-26-30-33(3)4)27-24-22-20-18-16-14-12-10-8-6-2/h5,8-11,31H,1,6-7,12-30H2,2-4H3/b10-8-,11-9-. The lowest BCUT2D eigenvalue weighted by molar-refractivity contribution is -0.150. The molecule has 0 aliphatic heterocycles. The molecule has 0 fully saturated rings. The van der Waals surface area contributed by atoms with Gasteiger partial charge in [0.05, 0.1) is 0 Å². The summed E-state index contributed by atoms with van der Waals surface area (Å²) in [5.74, 6) is 0.00138. The first-order chi connectivity index (χ1) is 17.1. The molecule has 0 saturated heterocycles. The summed E-state index contributed by atoms with van der Waals surface area (Å²) in [6.07, 6.45) is 34.6. The minimum Gasteiger partial charge on any atom is -0.462 e. The van der Waals surface area contributed by atoms with Gasteiger partial charge in [-0.3, -0.25) is 4.79 Å². The summed E-state index contributed by atoms with van der Waals surface area (Å²) in [4.78, 5) is 14.5. The molecular weight excluding hydrogens is 430 g/mol. The molecule has 3 nitrogen and oxygen atoms in total. The van der Waals surface area contributed by atoms with Crippen molar-refractivity contribution in [1.29, 1.82) is 0 Å². The number of nitrogens with zero attached hydrogens (tertiary/aromatic N) is 1. The van der Waals surface area contributed by atoms with Gasteiger partial charge in [-0.15, -0.1) is 6.58 Å². The fourth-order valence-corrected chi connectivity index (χ4v) is 4.32. The highest BCUT2D eigenvalue weighted by atomic mass is 16.5. The molecule has 0 amide bonds. The first-order valence-electron chi connectivity index (χ1n) is 14.8. The zero-order valence-electron chi connectivity index (χ0n) is 23.8. The first-order valence-corrected chi connectivity index (χ1v) is 14.8. The number of carbonyl (C=O) groups is 1. The Bertz CT molecular complexity index is 524. The van der Waals surface area contributed by atoms with Gasteiger partial charge in [-0.1, -0.05) is 88.7 Å². The molecule has 1 unspecified atom stereocenters. The maximum absolute atomic E-state index is 12.4. The van der Waals surface area contributed by atoms with Crippen LogP contribution in [-0.4, -0.2) is 37.6 Å². The molecule has 0 radical (unpaired) electrons. The summed E-state index contributed by atoms with van der Waals surface area (Å²) in [5, 5.41) is 0. The number of ether oxygens (including phenoxy) is 1. The Labute approximate surface area is 219 Å². The van der Waals surface area contributed by atoms with Crippen LogP contribution in [0.2, 0.25) is 0 Å². The van der Waals surface area contributed by atoms with Crippen LogP contribution in [0.15, 0.2) is 37.0 Å². The number of carbonyl (C=O) groups excluding carboxylic acids is 1. The third kappa shape index (κ3) is 27.1. The molecule has 0 aromatic rings. The van der Waals surface area contributed by atoms with Gasteiger partial charge >= 0.3 is 5.97 Å². The number of unbranched alkanes of at least 4 members (excludes halogenated alkanes) is 12. The van der Waals surface area contributed by atoms with Crippen LogP contribution in [0.3, 0.4) is 0 Å². The van der Waals surface area contributed by atoms with E-state index in [0.29, 0.717) is 6.42 Å².